The minimum absolute atomic E-state index is 0.297. The fourth-order valence-electron chi connectivity index (χ4n) is 4.63. The van der Waals surface area contributed by atoms with Gasteiger partial charge in [0.2, 0.25) is 0 Å². The van der Waals surface area contributed by atoms with E-state index in [4.69, 9.17) is 4.74 Å². The Morgan fingerprint density at radius 1 is 0.676 bits per heavy atom. The smallest absolute Gasteiger partial charge is 0.142 e. The molecule has 5 aromatic carbocycles. The molecule has 0 bridgehead atoms. The van der Waals surface area contributed by atoms with Crippen LogP contribution >= 0.6 is 0 Å². The van der Waals surface area contributed by atoms with Crippen molar-refractivity contribution in [2.45, 2.75) is 26.7 Å². The van der Waals surface area contributed by atoms with E-state index in [1.807, 2.05) is 18.2 Å². The van der Waals surface area contributed by atoms with Crippen LogP contribution in [0.5, 0.6) is 5.75 Å². The number of benzene rings is 5. The summed E-state index contributed by atoms with van der Waals surface area (Å²) in [5.74, 6) is 6.20. The van der Waals surface area contributed by atoms with Crippen molar-refractivity contribution in [2.24, 2.45) is 0 Å². The number of aryl methyl sites for hydroxylation is 2. The van der Waals surface area contributed by atoms with Gasteiger partial charge in [-0.2, -0.15) is 0 Å². The van der Waals surface area contributed by atoms with Crippen molar-refractivity contribution in [1.29, 1.82) is 0 Å². The molecule has 5 rings (SSSR count). The SMILES string of the molecule is CCCc1cc(F)c(C#Cc2ccc(-c3ccc(-c4ccc5cc(C)ccc5c4)cc3)cc2)c(OC)c1. The van der Waals surface area contributed by atoms with Gasteiger partial charge in [-0.15, -0.1) is 0 Å². The number of hydrogen-bond donors (Lipinski definition) is 0. The maximum Gasteiger partial charge on any atom is 0.142 e. The molecule has 0 saturated carbocycles. The molecule has 0 aliphatic heterocycles. The van der Waals surface area contributed by atoms with Crippen molar-refractivity contribution in [3.05, 3.63) is 125 Å². The Bertz CT molecular complexity index is 1620. The average Bonchev–Trinajstić information content (AvgIpc) is 2.92. The highest BCUT2D eigenvalue weighted by molar-refractivity contribution is 5.88. The normalized spacial score (nSPS) is 10.7. The van der Waals surface area contributed by atoms with E-state index in [0.29, 0.717) is 11.3 Å². The second kappa shape index (κ2) is 10.7. The molecule has 0 atom stereocenters. The van der Waals surface area contributed by atoms with Crippen molar-refractivity contribution in [1.82, 2.24) is 0 Å². The first kappa shape index (κ1) is 24.3. The lowest BCUT2D eigenvalue weighted by molar-refractivity contribution is 0.409. The average molecular weight is 485 g/mol. The van der Waals surface area contributed by atoms with Gasteiger partial charge in [-0.1, -0.05) is 97.5 Å². The fourth-order valence-corrected chi connectivity index (χ4v) is 4.63. The van der Waals surface area contributed by atoms with Crippen molar-refractivity contribution >= 4 is 10.8 Å². The highest BCUT2D eigenvalue weighted by Crippen LogP contribution is 2.28. The molecule has 0 fully saturated rings. The third-order valence-corrected chi connectivity index (χ3v) is 6.64. The van der Waals surface area contributed by atoms with E-state index in [9.17, 15) is 4.39 Å². The highest BCUT2D eigenvalue weighted by atomic mass is 19.1. The molecule has 182 valence electrons. The molecule has 5 aromatic rings. The maximum absolute atomic E-state index is 14.7. The summed E-state index contributed by atoms with van der Waals surface area (Å²) < 4.78 is 20.1. The monoisotopic (exact) mass is 484 g/mol. The molecule has 0 spiro atoms. The Balaban J connectivity index is 1.35. The Kier molecular flexibility index (Phi) is 7.06. The number of rotatable bonds is 5. The van der Waals surface area contributed by atoms with E-state index in [2.05, 4.69) is 98.5 Å². The third-order valence-electron chi connectivity index (χ3n) is 6.64. The van der Waals surface area contributed by atoms with Crippen LogP contribution < -0.4 is 4.74 Å². The summed E-state index contributed by atoms with van der Waals surface area (Å²) in [6.45, 7) is 4.19. The zero-order chi connectivity index (χ0) is 25.8. The lowest BCUT2D eigenvalue weighted by Gasteiger charge is -2.08. The summed E-state index contributed by atoms with van der Waals surface area (Å²) in [6, 6.07) is 33.2. The van der Waals surface area contributed by atoms with Gasteiger partial charge in [0.1, 0.15) is 17.1 Å². The van der Waals surface area contributed by atoms with E-state index in [0.717, 1.165) is 35.1 Å². The number of ether oxygens (including phenoxy) is 1. The molecule has 0 aliphatic rings. The van der Waals surface area contributed by atoms with Gasteiger partial charge in [-0.05, 0) is 82.3 Å². The fraction of sp³-hybridized carbons (Fsp3) is 0.143. The molecule has 0 radical (unpaired) electrons. The summed E-state index contributed by atoms with van der Waals surface area (Å²) in [5.41, 5.74) is 7.96. The van der Waals surface area contributed by atoms with Gasteiger partial charge in [-0.3, -0.25) is 0 Å². The minimum Gasteiger partial charge on any atom is -0.495 e. The van der Waals surface area contributed by atoms with Crippen LogP contribution in [-0.4, -0.2) is 7.11 Å². The minimum atomic E-state index is -0.339. The van der Waals surface area contributed by atoms with Gasteiger partial charge in [0.15, 0.2) is 0 Å². The summed E-state index contributed by atoms with van der Waals surface area (Å²) in [6.07, 6.45) is 1.76. The van der Waals surface area contributed by atoms with Crippen LogP contribution in [0.25, 0.3) is 33.0 Å². The molecule has 2 heteroatoms. The van der Waals surface area contributed by atoms with Gasteiger partial charge in [0.25, 0.3) is 0 Å². The quantitative estimate of drug-likeness (QED) is 0.226. The number of halogens is 1. The zero-order valence-electron chi connectivity index (χ0n) is 21.4. The van der Waals surface area contributed by atoms with Crippen LogP contribution in [-0.2, 0) is 6.42 Å². The Labute approximate surface area is 218 Å². The second-order valence-corrected chi connectivity index (χ2v) is 9.37. The molecule has 1 nitrogen and oxygen atoms in total. The first-order valence-corrected chi connectivity index (χ1v) is 12.6. The number of methoxy groups -OCH3 is 1. The molecule has 0 amide bonds. The summed E-state index contributed by atoms with van der Waals surface area (Å²) in [5, 5.41) is 2.51. The zero-order valence-corrected chi connectivity index (χ0v) is 21.4. The first-order chi connectivity index (χ1) is 18.0. The van der Waals surface area contributed by atoms with Crippen molar-refractivity contribution in [2.75, 3.05) is 7.11 Å². The topological polar surface area (TPSA) is 9.23 Å². The van der Waals surface area contributed by atoms with Gasteiger partial charge < -0.3 is 4.74 Å². The van der Waals surface area contributed by atoms with Crippen LogP contribution in [0.1, 0.15) is 35.6 Å². The van der Waals surface area contributed by atoms with Gasteiger partial charge in [-0.25, -0.2) is 4.39 Å². The summed E-state index contributed by atoms with van der Waals surface area (Å²) in [7, 11) is 1.55. The second-order valence-electron chi connectivity index (χ2n) is 9.37. The van der Waals surface area contributed by atoms with Gasteiger partial charge >= 0.3 is 0 Å². The molecule has 0 aliphatic carbocycles. The molecule has 0 unspecified atom stereocenters. The van der Waals surface area contributed by atoms with Crippen LogP contribution in [0.3, 0.4) is 0 Å². The molecule has 0 saturated heterocycles. The molecule has 0 heterocycles. The molecule has 0 N–H and O–H groups in total. The van der Waals surface area contributed by atoms with Crippen LogP contribution in [0.15, 0.2) is 97.1 Å². The largest absolute Gasteiger partial charge is 0.495 e. The number of fused-ring (bicyclic) bond motifs is 1. The standard InChI is InChI=1S/C35H29FO/c1-4-5-26-21-34(36)33(35(22-26)37-3)19-9-25-7-11-27(12-8-25)28-13-15-29(16-14-28)31-18-17-30-20-24(2)6-10-32(30)23-31/h6-8,10-18,20-23H,4-5H2,1-3H3. The predicted molar refractivity (Wildman–Crippen MR) is 152 cm³/mol. The number of hydrogen-bond acceptors (Lipinski definition) is 1. The van der Waals surface area contributed by atoms with E-state index >= 15 is 0 Å². The summed E-state index contributed by atoms with van der Waals surface area (Å²) >= 11 is 0. The lowest BCUT2D eigenvalue weighted by atomic mass is 9.97. The van der Waals surface area contributed by atoms with E-state index in [1.165, 1.54) is 27.5 Å². The first-order valence-electron chi connectivity index (χ1n) is 12.6. The molecule has 37 heavy (non-hydrogen) atoms. The predicted octanol–water partition coefficient (Wildman–Crippen LogP) is 8.98. The Morgan fingerprint density at radius 3 is 1.95 bits per heavy atom. The van der Waals surface area contributed by atoms with Crippen molar-refractivity contribution < 1.29 is 9.13 Å². The highest BCUT2D eigenvalue weighted by Gasteiger charge is 2.10. The third kappa shape index (κ3) is 5.42. The van der Waals surface area contributed by atoms with Gasteiger partial charge in [0.05, 0.1) is 7.11 Å². The lowest BCUT2D eigenvalue weighted by Crippen LogP contribution is -1.95. The Hall–Kier alpha value is -4.35. The van der Waals surface area contributed by atoms with E-state index in [1.54, 1.807) is 13.2 Å². The van der Waals surface area contributed by atoms with Crippen molar-refractivity contribution in [3.63, 3.8) is 0 Å². The van der Waals surface area contributed by atoms with E-state index in [-0.39, 0.29) is 5.82 Å². The van der Waals surface area contributed by atoms with Gasteiger partial charge in [0, 0.05) is 5.56 Å². The van der Waals surface area contributed by atoms with Crippen LogP contribution in [0.4, 0.5) is 4.39 Å². The van der Waals surface area contributed by atoms with Crippen LogP contribution in [0.2, 0.25) is 0 Å². The molecule has 0 aromatic heterocycles. The molecular formula is C35H29FO. The maximum atomic E-state index is 14.7. The van der Waals surface area contributed by atoms with Crippen LogP contribution in [0, 0.1) is 24.6 Å². The van der Waals surface area contributed by atoms with Crippen molar-refractivity contribution in [3.8, 4) is 39.8 Å². The molecular weight excluding hydrogens is 455 g/mol. The summed E-state index contributed by atoms with van der Waals surface area (Å²) in [4.78, 5) is 0. The Morgan fingerprint density at radius 2 is 1.27 bits per heavy atom. The van der Waals surface area contributed by atoms with E-state index < -0.39 is 0 Å².